The van der Waals surface area contributed by atoms with Crippen LogP contribution in [0.25, 0.3) is 0 Å². The molecule has 0 saturated heterocycles. The third-order valence-electron chi connectivity index (χ3n) is 2.77. The van der Waals surface area contributed by atoms with Gasteiger partial charge in [-0.15, -0.1) is 0 Å². The Balaban J connectivity index is 2.41. The van der Waals surface area contributed by atoms with Gasteiger partial charge in [-0.25, -0.2) is 14.8 Å². The number of nitrogens with zero attached hydrogens (tertiary/aromatic N) is 2. The average molecular weight is 350 g/mol. The van der Waals surface area contributed by atoms with Crippen molar-refractivity contribution in [2.45, 2.75) is 20.8 Å². The van der Waals surface area contributed by atoms with Gasteiger partial charge in [-0.05, 0) is 48.8 Å². The SMILES string of the molecule is CCOC(=O)c1c(Br)nc(C)nc1Nc1ccc(C)cc1. The highest BCUT2D eigenvalue weighted by Gasteiger charge is 2.20. The van der Waals surface area contributed by atoms with Crippen molar-refractivity contribution in [3.8, 4) is 0 Å². The van der Waals surface area contributed by atoms with Crippen molar-refractivity contribution in [2.24, 2.45) is 0 Å². The Hall–Kier alpha value is -1.95. The Morgan fingerprint density at radius 2 is 1.90 bits per heavy atom. The normalized spacial score (nSPS) is 10.3. The molecule has 0 aliphatic rings. The van der Waals surface area contributed by atoms with Crippen molar-refractivity contribution in [1.82, 2.24) is 9.97 Å². The third kappa shape index (κ3) is 3.78. The Kier molecular flexibility index (Phi) is 4.90. The summed E-state index contributed by atoms with van der Waals surface area (Å²) in [5.74, 6) is 0.528. The van der Waals surface area contributed by atoms with E-state index in [0.29, 0.717) is 28.4 Å². The molecule has 21 heavy (non-hydrogen) atoms. The number of hydrogen-bond acceptors (Lipinski definition) is 5. The van der Waals surface area contributed by atoms with Gasteiger partial charge in [-0.2, -0.15) is 0 Å². The first-order valence-electron chi connectivity index (χ1n) is 6.56. The summed E-state index contributed by atoms with van der Waals surface area (Å²) in [6.45, 7) is 5.83. The fourth-order valence-electron chi connectivity index (χ4n) is 1.79. The Morgan fingerprint density at radius 1 is 1.24 bits per heavy atom. The van der Waals surface area contributed by atoms with E-state index in [2.05, 4.69) is 31.2 Å². The predicted molar refractivity (Wildman–Crippen MR) is 84.9 cm³/mol. The van der Waals surface area contributed by atoms with Crippen molar-refractivity contribution in [3.05, 3.63) is 45.8 Å². The zero-order valence-corrected chi connectivity index (χ0v) is 13.7. The zero-order valence-electron chi connectivity index (χ0n) is 12.1. The largest absolute Gasteiger partial charge is 0.462 e. The monoisotopic (exact) mass is 349 g/mol. The average Bonchev–Trinajstić information content (AvgIpc) is 2.41. The number of hydrogen-bond donors (Lipinski definition) is 1. The molecule has 2 aromatic rings. The summed E-state index contributed by atoms with van der Waals surface area (Å²) in [4.78, 5) is 20.5. The minimum atomic E-state index is -0.459. The van der Waals surface area contributed by atoms with Gasteiger partial charge in [0, 0.05) is 5.69 Å². The van der Waals surface area contributed by atoms with Crippen LogP contribution in [0.5, 0.6) is 0 Å². The molecule has 1 N–H and O–H groups in total. The van der Waals surface area contributed by atoms with Crippen LogP contribution in [0.3, 0.4) is 0 Å². The molecular formula is C15H16BrN3O2. The molecule has 5 nitrogen and oxygen atoms in total. The number of nitrogens with one attached hydrogen (secondary N) is 1. The van der Waals surface area contributed by atoms with E-state index in [0.717, 1.165) is 11.3 Å². The van der Waals surface area contributed by atoms with Crippen molar-refractivity contribution in [1.29, 1.82) is 0 Å². The first kappa shape index (κ1) is 15.4. The van der Waals surface area contributed by atoms with Crippen LogP contribution >= 0.6 is 15.9 Å². The van der Waals surface area contributed by atoms with Gasteiger partial charge in [0.2, 0.25) is 0 Å². The third-order valence-corrected chi connectivity index (χ3v) is 3.34. The molecule has 6 heteroatoms. The minimum absolute atomic E-state index is 0.294. The summed E-state index contributed by atoms with van der Waals surface area (Å²) in [6.07, 6.45) is 0. The minimum Gasteiger partial charge on any atom is -0.462 e. The maximum absolute atomic E-state index is 12.1. The number of halogens is 1. The molecule has 0 unspecified atom stereocenters. The van der Waals surface area contributed by atoms with Crippen LogP contribution in [0, 0.1) is 13.8 Å². The molecule has 0 fully saturated rings. The number of carbonyl (C=O) groups is 1. The number of carbonyl (C=O) groups excluding carboxylic acids is 1. The Labute approximate surface area is 131 Å². The molecule has 2 rings (SSSR count). The molecule has 0 spiro atoms. The standard InChI is InChI=1S/C15H16BrN3O2/c1-4-21-15(20)12-13(16)17-10(3)18-14(12)19-11-7-5-9(2)6-8-11/h5-8H,4H2,1-3H3,(H,17,18,19). The number of aryl methyl sites for hydroxylation is 2. The molecule has 0 radical (unpaired) electrons. The summed E-state index contributed by atoms with van der Waals surface area (Å²) < 4.78 is 5.48. The van der Waals surface area contributed by atoms with Gasteiger partial charge >= 0.3 is 5.97 Å². The predicted octanol–water partition coefficient (Wildman–Crippen LogP) is 3.78. The van der Waals surface area contributed by atoms with Gasteiger partial charge in [0.25, 0.3) is 0 Å². The van der Waals surface area contributed by atoms with Gasteiger partial charge in [0.1, 0.15) is 21.8 Å². The number of rotatable bonds is 4. The molecule has 0 saturated carbocycles. The van der Waals surface area contributed by atoms with E-state index in [4.69, 9.17) is 4.74 Å². The quantitative estimate of drug-likeness (QED) is 0.672. The van der Waals surface area contributed by atoms with E-state index >= 15 is 0 Å². The van der Waals surface area contributed by atoms with Crippen LogP contribution < -0.4 is 5.32 Å². The highest BCUT2D eigenvalue weighted by Crippen LogP contribution is 2.25. The highest BCUT2D eigenvalue weighted by molar-refractivity contribution is 9.10. The van der Waals surface area contributed by atoms with Crippen LogP contribution in [-0.2, 0) is 4.74 Å². The van der Waals surface area contributed by atoms with Crippen molar-refractivity contribution in [3.63, 3.8) is 0 Å². The van der Waals surface area contributed by atoms with Crippen LogP contribution in [0.15, 0.2) is 28.9 Å². The summed E-state index contributed by atoms with van der Waals surface area (Å²) >= 11 is 3.30. The summed E-state index contributed by atoms with van der Waals surface area (Å²) in [6, 6.07) is 7.82. The summed E-state index contributed by atoms with van der Waals surface area (Å²) in [5, 5.41) is 3.14. The van der Waals surface area contributed by atoms with E-state index in [1.54, 1.807) is 13.8 Å². The zero-order chi connectivity index (χ0) is 15.4. The van der Waals surface area contributed by atoms with E-state index in [9.17, 15) is 4.79 Å². The molecule has 0 aliphatic heterocycles. The van der Waals surface area contributed by atoms with Crippen LogP contribution in [0.4, 0.5) is 11.5 Å². The molecule has 110 valence electrons. The lowest BCUT2D eigenvalue weighted by Gasteiger charge is -2.12. The molecule has 0 amide bonds. The second-order valence-electron chi connectivity index (χ2n) is 4.50. The van der Waals surface area contributed by atoms with Crippen LogP contribution in [0.1, 0.15) is 28.7 Å². The number of benzene rings is 1. The Bertz CT molecular complexity index is 657. The van der Waals surface area contributed by atoms with Crippen molar-refractivity contribution in [2.75, 3.05) is 11.9 Å². The van der Waals surface area contributed by atoms with E-state index in [1.807, 2.05) is 31.2 Å². The summed E-state index contributed by atoms with van der Waals surface area (Å²) in [7, 11) is 0. The molecular weight excluding hydrogens is 334 g/mol. The topological polar surface area (TPSA) is 64.1 Å². The maximum atomic E-state index is 12.1. The first-order chi connectivity index (χ1) is 10.0. The lowest BCUT2D eigenvalue weighted by atomic mass is 10.2. The van der Waals surface area contributed by atoms with Gasteiger partial charge in [-0.1, -0.05) is 17.7 Å². The first-order valence-corrected chi connectivity index (χ1v) is 7.35. The molecule has 1 heterocycles. The van der Waals surface area contributed by atoms with E-state index < -0.39 is 5.97 Å². The van der Waals surface area contributed by atoms with Crippen LogP contribution in [-0.4, -0.2) is 22.5 Å². The molecule has 1 aromatic carbocycles. The fourth-order valence-corrected chi connectivity index (χ4v) is 2.39. The second kappa shape index (κ2) is 6.67. The van der Waals surface area contributed by atoms with Crippen molar-refractivity contribution < 1.29 is 9.53 Å². The number of anilines is 2. The maximum Gasteiger partial charge on any atom is 0.344 e. The van der Waals surface area contributed by atoms with Gasteiger partial charge in [0.15, 0.2) is 0 Å². The van der Waals surface area contributed by atoms with Gasteiger partial charge < -0.3 is 10.1 Å². The number of ether oxygens (including phenoxy) is 1. The molecule has 0 bridgehead atoms. The molecule has 0 aliphatic carbocycles. The summed E-state index contributed by atoms with van der Waals surface area (Å²) in [5.41, 5.74) is 2.30. The lowest BCUT2D eigenvalue weighted by Crippen LogP contribution is -2.12. The second-order valence-corrected chi connectivity index (χ2v) is 5.25. The van der Waals surface area contributed by atoms with E-state index in [1.165, 1.54) is 0 Å². The number of esters is 1. The van der Waals surface area contributed by atoms with Crippen molar-refractivity contribution >= 4 is 33.4 Å². The van der Waals surface area contributed by atoms with Gasteiger partial charge in [-0.3, -0.25) is 0 Å². The smallest absolute Gasteiger partial charge is 0.344 e. The molecule has 0 atom stereocenters. The van der Waals surface area contributed by atoms with Gasteiger partial charge in [0.05, 0.1) is 6.61 Å². The fraction of sp³-hybridized carbons (Fsp3) is 0.267. The molecule has 1 aromatic heterocycles. The Morgan fingerprint density at radius 3 is 2.52 bits per heavy atom. The van der Waals surface area contributed by atoms with Crippen LogP contribution in [0.2, 0.25) is 0 Å². The lowest BCUT2D eigenvalue weighted by molar-refractivity contribution is 0.0525. The highest BCUT2D eigenvalue weighted by atomic mass is 79.9. The van der Waals surface area contributed by atoms with E-state index in [-0.39, 0.29) is 0 Å². The number of aromatic nitrogens is 2.